The Hall–Kier alpha value is -6.37. The molecule has 13 nitrogen and oxygen atoms in total. The lowest BCUT2D eigenvalue weighted by molar-refractivity contribution is -0.128. The number of hydrogen-bond donors (Lipinski definition) is 2. The van der Waals surface area contributed by atoms with E-state index in [0.29, 0.717) is 53.4 Å². The summed E-state index contributed by atoms with van der Waals surface area (Å²) < 4.78 is 24.3. The average Bonchev–Trinajstić information content (AvgIpc) is 3.66. The highest BCUT2D eigenvalue weighted by atomic mass is 16.5. The molecule has 274 valence electrons. The summed E-state index contributed by atoms with van der Waals surface area (Å²) >= 11 is 0. The summed E-state index contributed by atoms with van der Waals surface area (Å²) in [6.45, 7) is 6.52. The number of benzene rings is 2. The minimum atomic E-state index is -0.884. The van der Waals surface area contributed by atoms with E-state index in [9.17, 15) is 4.79 Å². The van der Waals surface area contributed by atoms with E-state index in [1.165, 1.54) is 0 Å². The number of pyridine rings is 3. The van der Waals surface area contributed by atoms with Gasteiger partial charge >= 0.3 is 0 Å². The zero-order valence-electron chi connectivity index (χ0n) is 31.2. The Morgan fingerprint density at radius 1 is 0.849 bits per heavy atom. The van der Waals surface area contributed by atoms with Crippen LogP contribution in [-0.2, 0) is 23.4 Å². The van der Waals surface area contributed by atoms with Crippen LogP contribution in [0.1, 0.15) is 30.5 Å². The minimum Gasteiger partial charge on any atom is -0.497 e. The van der Waals surface area contributed by atoms with Crippen molar-refractivity contribution in [2.45, 2.75) is 39.4 Å². The van der Waals surface area contributed by atoms with Gasteiger partial charge in [0.05, 0.1) is 46.0 Å². The molecule has 0 saturated heterocycles. The second-order valence-corrected chi connectivity index (χ2v) is 13.0. The molecule has 2 N–H and O–H groups in total. The van der Waals surface area contributed by atoms with Crippen LogP contribution in [0.15, 0.2) is 85.6 Å². The van der Waals surface area contributed by atoms with E-state index in [1.54, 1.807) is 58.8 Å². The summed E-state index contributed by atoms with van der Waals surface area (Å²) in [5, 5.41) is 12.3. The topological polar surface area (TPSA) is 138 Å². The van der Waals surface area contributed by atoms with Gasteiger partial charge in [-0.2, -0.15) is 5.10 Å². The van der Waals surface area contributed by atoms with Gasteiger partial charge in [-0.3, -0.25) is 14.5 Å². The van der Waals surface area contributed by atoms with Gasteiger partial charge in [0.2, 0.25) is 5.91 Å². The van der Waals surface area contributed by atoms with Crippen LogP contribution in [0.4, 0.5) is 17.3 Å². The van der Waals surface area contributed by atoms with Crippen molar-refractivity contribution < 1.29 is 23.7 Å². The van der Waals surface area contributed by atoms with Crippen LogP contribution in [0.2, 0.25) is 0 Å². The molecule has 0 atom stereocenters. The molecule has 0 aliphatic rings. The zero-order valence-corrected chi connectivity index (χ0v) is 31.2. The van der Waals surface area contributed by atoms with Gasteiger partial charge in [-0.1, -0.05) is 0 Å². The normalized spacial score (nSPS) is 11.2. The minimum absolute atomic E-state index is 0.154. The van der Waals surface area contributed by atoms with E-state index < -0.39 is 5.54 Å². The Morgan fingerprint density at radius 2 is 1.51 bits per heavy atom. The maximum absolute atomic E-state index is 12.5. The van der Waals surface area contributed by atoms with E-state index in [-0.39, 0.29) is 5.91 Å². The van der Waals surface area contributed by atoms with Crippen LogP contribution in [0, 0.1) is 6.92 Å². The number of nitrogens with one attached hydrogen (secondary N) is 2. The number of fused-ring (bicyclic) bond motifs is 1. The number of carbonyl (C=O) groups excluding carboxylic acids is 1. The van der Waals surface area contributed by atoms with E-state index in [0.717, 1.165) is 38.7 Å². The summed E-state index contributed by atoms with van der Waals surface area (Å²) in [4.78, 5) is 29.3. The summed E-state index contributed by atoms with van der Waals surface area (Å²) in [6, 6.07) is 17.6. The lowest BCUT2D eigenvalue weighted by Crippen LogP contribution is -2.43. The van der Waals surface area contributed by atoms with Crippen molar-refractivity contribution in [3.63, 3.8) is 0 Å². The average molecular weight is 717 g/mol. The Kier molecular flexibility index (Phi) is 10.6. The van der Waals surface area contributed by atoms with Gasteiger partial charge in [0.1, 0.15) is 40.2 Å². The van der Waals surface area contributed by atoms with Crippen molar-refractivity contribution in [3.05, 3.63) is 102 Å². The number of ether oxygens (including phenoxy) is 4. The number of likely N-dealkylation sites (N-methyl/N-ethyl adjacent to an activating group) is 1. The van der Waals surface area contributed by atoms with Crippen molar-refractivity contribution in [1.82, 2.24) is 30.0 Å². The van der Waals surface area contributed by atoms with Gasteiger partial charge in [-0.15, -0.1) is 0 Å². The number of anilines is 3. The molecule has 53 heavy (non-hydrogen) atoms. The zero-order chi connectivity index (χ0) is 37.7. The first-order chi connectivity index (χ1) is 25.6. The summed E-state index contributed by atoms with van der Waals surface area (Å²) in [7, 11) is 8.17. The number of aryl methyl sites for hydroxylation is 1. The van der Waals surface area contributed by atoms with Crippen LogP contribution in [-0.4, -0.2) is 66.1 Å². The highest BCUT2D eigenvalue weighted by Crippen LogP contribution is 2.37. The summed E-state index contributed by atoms with van der Waals surface area (Å²) in [5.74, 6) is 3.90. The van der Waals surface area contributed by atoms with Gasteiger partial charge in [0.15, 0.2) is 0 Å². The first kappa shape index (κ1) is 36.4. The molecule has 0 spiro atoms. The number of hydrogen-bond acceptors (Lipinski definition) is 11. The molecule has 4 heterocycles. The number of carbonyl (C=O) groups is 1. The van der Waals surface area contributed by atoms with Crippen molar-refractivity contribution in [2.24, 2.45) is 0 Å². The first-order valence-electron chi connectivity index (χ1n) is 17.0. The van der Waals surface area contributed by atoms with Crippen molar-refractivity contribution in [2.75, 3.05) is 45.7 Å². The molecule has 4 aromatic heterocycles. The number of methoxy groups -OCH3 is 4. The van der Waals surface area contributed by atoms with Gasteiger partial charge in [-0.25, -0.2) is 9.97 Å². The highest BCUT2D eigenvalue weighted by molar-refractivity contribution is 5.96. The van der Waals surface area contributed by atoms with Crippen LogP contribution >= 0.6 is 0 Å². The summed E-state index contributed by atoms with van der Waals surface area (Å²) in [6.07, 6.45) is 8.89. The van der Waals surface area contributed by atoms with Crippen LogP contribution in [0.5, 0.6) is 23.0 Å². The Morgan fingerprint density at radius 3 is 2.09 bits per heavy atom. The van der Waals surface area contributed by atoms with E-state index in [1.807, 2.05) is 87.8 Å². The molecular formula is C40H44N8O5. The predicted molar refractivity (Wildman–Crippen MR) is 205 cm³/mol. The molecule has 0 saturated carbocycles. The third kappa shape index (κ3) is 7.64. The number of rotatable bonds is 14. The maximum atomic E-state index is 12.5. The smallest absolute Gasteiger partial charge is 0.247 e. The molecule has 0 aliphatic heterocycles. The molecule has 1 amide bonds. The van der Waals surface area contributed by atoms with Gasteiger partial charge in [0, 0.05) is 79.1 Å². The van der Waals surface area contributed by atoms with Gasteiger partial charge in [0.25, 0.3) is 0 Å². The molecule has 0 aliphatic carbocycles. The molecular weight excluding hydrogens is 672 g/mol. The molecule has 2 aromatic carbocycles. The van der Waals surface area contributed by atoms with Gasteiger partial charge in [-0.05, 0) is 74.2 Å². The Bertz CT molecular complexity index is 2200. The third-order valence-corrected chi connectivity index (χ3v) is 9.23. The third-order valence-electron chi connectivity index (χ3n) is 9.23. The second-order valence-electron chi connectivity index (χ2n) is 13.0. The lowest BCUT2D eigenvalue weighted by atomic mass is 10.0. The van der Waals surface area contributed by atoms with E-state index >= 15 is 0 Å². The molecule has 6 rings (SSSR count). The van der Waals surface area contributed by atoms with E-state index in [2.05, 4.69) is 25.6 Å². The fraction of sp³-hybridized carbons (Fsp3) is 0.275. The largest absolute Gasteiger partial charge is 0.497 e. The Balaban J connectivity index is 1.50. The van der Waals surface area contributed by atoms with Crippen LogP contribution < -0.4 is 34.5 Å². The van der Waals surface area contributed by atoms with Gasteiger partial charge < -0.3 is 34.5 Å². The van der Waals surface area contributed by atoms with Crippen LogP contribution in [0.3, 0.4) is 0 Å². The van der Waals surface area contributed by atoms with Crippen molar-refractivity contribution in [1.29, 1.82) is 0 Å². The number of nitrogens with zero attached hydrogens (tertiary/aromatic N) is 6. The highest BCUT2D eigenvalue weighted by Gasteiger charge is 2.30. The summed E-state index contributed by atoms with van der Waals surface area (Å²) in [5.41, 5.74) is 4.36. The lowest BCUT2D eigenvalue weighted by Gasteiger charge is -2.28. The fourth-order valence-corrected chi connectivity index (χ4v) is 6.14. The second kappa shape index (κ2) is 15.5. The molecule has 13 heteroatoms. The number of aromatic nitrogens is 5. The molecule has 6 aromatic rings. The SMILES string of the molecule is CNC(=O)C(C)(C)n1cc(Nc2cc3cc(-c4cnccc4C)nc(N(Cc4ccc(OC)cc4OC)Cc4ccc(OC)cc4OC)c3cn2)cn1. The van der Waals surface area contributed by atoms with E-state index in [4.69, 9.17) is 28.9 Å². The monoisotopic (exact) mass is 716 g/mol. The van der Waals surface area contributed by atoms with Crippen molar-refractivity contribution >= 4 is 34.0 Å². The Labute approximate surface area is 308 Å². The molecule has 0 radical (unpaired) electrons. The maximum Gasteiger partial charge on any atom is 0.247 e. The molecule has 0 fully saturated rings. The molecule has 0 unspecified atom stereocenters. The van der Waals surface area contributed by atoms with Crippen LogP contribution in [0.25, 0.3) is 22.0 Å². The predicted octanol–water partition coefficient (Wildman–Crippen LogP) is 6.66. The first-order valence-corrected chi connectivity index (χ1v) is 17.0. The molecule has 0 bridgehead atoms. The number of amides is 1. The fourth-order valence-electron chi connectivity index (χ4n) is 6.14. The quantitative estimate of drug-likeness (QED) is 0.125. The standard InChI is InChI=1S/C40H44N8O5/c1-25-13-14-42-20-32(25)34-15-28-16-37(45-29-19-44-48(24-29)40(2,3)39(49)41-4)43-21-33(28)38(46-34)47(22-26-9-11-30(50-5)17-35(26)52-7)23-27-10-12-31(51-6)18-36(27)53-8/h9-21,24H,22-23H2,1-8H3,(H,41,49)(H,43,45). The van der Waals surface area contributed by atoms with Crippen molar-refractivity contribution in [3.8, 4) is 34.3 Å².